The zero-order valence-electron chi connectivity index (χ0n) is 16.4. The van der Waals surface area contributed by atoms with E-state index in [-0.39, 0.29) is 5.56 Å². The lowest BCUT2D eigenvalue weighted by atomic mass is 10.0. The van der Waals surface area contributed by atoms with Crippen molar-refractivity contribution in [1.82, 2.24) is 15.0 Å². The predicted molar refractivity (Wildman–Crippen MR) is 124 cm³/mol. The monoisotopic (exact) mass is 409 g/mol. The minimum absolute atomic E-state index is 0.0797. The molecule has 5 aromatic rings. The second-order valence-electron chi connectivity index (χ2n) is 7.10. The van der Waals surface area contributed by atoms with Gasteiger partial charge in [0.1, 0.15) is 0 Å². The van der Waals surface area contributed by atoms with Crippen LogP contribution in [0.1, 0.15) is 11.4 Å². The Morgan fingerprint density at radius 2 is 1.50 bits per heavy atom. The van der Waals surface area contributed by atoms with E-state index in [1.807, 2.05) is 79.7 Å². The van der Waals surface area contributed by atoms with Crippen LogP contribution in [-0.2, 0) is 5.75 Å². The van der Waals surface area contributed by atoms with E-state index in [0.29, 0.717) is 10.6 Å². The highest BCUT2D eigenvalue weighted by atomic mass is 32.2. The normalized spacial score (nSPS) is 11.2. The van der Waals surface area contributed by atoms with Crippen molar-refractivity contribution in [3.05, 3.63) is 101 Å². The van der Waals surface area contributed by atoms with Gasteiger partial charge in [-0.05, 0) is 30.7 Å². The molecule has 1 N–H and O–H groups in total. The Hall–Kier alpha value is -3.44. The molecule has 0 bridgehead atoms. The highest BCUT2D eigenvalue weighted by molar-refractivity contribution is 7.98. The number of thioether (sulfide) groups is 1. The number of pyridine rings is 1. The van der Waals surface area contributed by atoms with Gasteiger partial charge in [0.2, 0.25) is 0 Å². The number of hydrogen-bond donors (Lipinski definition) is 1. The summed E-state index contributed by atoms with van der Waals surface area (Å²) in [6.45, 7) is 1.97. The van der Waals surface area contributed by atoms with E-state index in [1.165, 1.54) is 11.8 Å². The fourth-order valence-electron chi connectivity index (χ4n) is 3.66. The van der Waals surface area contributed by atoms with Crippen molar-refractivity contribution in [3.8, 4) is 11.1 Å². The molecule has 146 valence electrons. The van der Waals surface area contributed by atoms with Crippen molar-refractivity contribution in [3.63, 3.8) is 0 Å². The molecule has 3 aromatic carbocycles. The third-order valence-corrected chi connectivity index (χ3v) is 6.23. The van der Waals surface area contributed by atoms with Gasteiger partial charge in [-0.25, -0.2) is 9.97 Å². The summed E-state index contributed by atoms with van der Waals surface area (Å²) < 4.78 is 0. The summed E-state index contributed by atoms with van der Waals surface area (Å²) in [6, 6.07) is 25.9. The van der Waals surface area contributed by atoms with Gasteiger partial charge >= 0.3 is 0 Å². The Morgan fingerprint density at radius 1 is 0.833 bits per heavy atom. The number of benzene rings is 3. The summed E-state index contributed by atoms with van der Waals surface area (Å²) in [5.74, 6) is 0.574. The lowest BCUT2D eigenvalue weighted by molar-refractivity contribution is 1.08. The Kier molecular flexibility index (Phi) is 4.81. The van der Waals surface area contributed by atoms with E-state index in [2.05, 4.69) is 16.0 Å². The van der Waals surface area contributed by atoms with Gasteiger partial charge in [-0.2, -0.15) is 0 Å². The van der Waals surface area contributed by atoms with Crippen LogP contribution in [0.3, 0.4) is 0 Å². The maximum Gasteiger partial charge on any atom is 0.262 e. The third-order valence-electron chi connectivity index (χ3n) is 5.14. The number of H-pyrrole nitrogens is 1. The first-order valence-corrected chi connectivity index (χ1v) is 10.7. The van der Waals surface area contributed by atoms with Gasteiger partial charge in [0.05, 0.1) is 27.3 Å². The zero-order valence-corrected chi connectivity index (χ0v) is 17.2. The van der Waals surface area contributed by atoms with E-state index in [9.17, 15) is 4.79 Å². The highest BCUT2D eigenvalue weighted by Gasteiger charge is 2.16. The molecular weight excluding hydrogens is 390 g/mol. The van der Waals surface area contributed by atoms with Crippen LogP contribution in [0.15, 0.2) is 88.6 Å². The SMILES string of the molecule is Cc1nc2ccccc2nc1CSc1c(-c2ccccc2)c2ccccc2[nH]c1=O. The van der Waals surface area contributed by atoms with Crippen LogP contribution in [0.5, 0.6) is 0 Å². The fourth-order valence-corrected chi connectivity index (χ4v) is 4.76. The van der Waals surface area contributed by atoms with E-state index in [4.69, 9.17) is 4.98 Å². The van der Waals surface area contributed by atoms with Crippen LogP contribution in [0, 0.1) is 6.92 Å². The second kappa shape index (κ2) is 7.76. The van der Waals surface area contributed by atoms with Crippen molar-refractivity contribution in [2.24, 2.45) is 0 Å². The Labute approximate surface area is 178 Å². The van der Waals surface area contributed by atoms with Crippen LogP contribution in [-0.4, -0.2) is 15.0 Å². The van der Waals surface area contributed by atoms with Gasteiger partial charge in [-0.3, -0.25) is 4.79 Å². The van der Waals surface area contributed by atoms with Crippen LogP contribution >= 0.6 is 11.8 Å². The molecule has 0 aliphatic carbocycles. The lowest BCUT2D eigenvalue weighted by Crippen LogP contribution is -2.11. The van der Waals surface area contributed by atoms with Crippen molar-refractivity contribution in [1.29, 1.82) is 0 Å². The first kappa shape index (κ1) is 18.6. The Balaban J connectivity index is 1.62. The molecule has 0 saturated heterocycles. The average molecular weight is 410 g/mol. The second-order valence-corrected chi connectivity index (χ2v) is 8.09. The van der Waals surface area contributed by atoms with Crippen LogP contribution in [0.4, 0.5) is 0 Å². The summed E-state index contributed by atoms with van der Waals surface area (Å²) in [7, 11) is 0. The van der Waals surface area contributed by atoms with Gasteiger partial charge < -0.3 is 4.98 Å². The van der Waals surface area contributed by atoms with Crippen molar-refractivity contribution < 1.29 is 0 Å². The number of rotatable bonds is 4. The molecule has 0 aliphatic heterocycles. The Morgan fingerprint density at radius 3 is 2.30 bits per heavy atom. The number of aromatic nitrogens is 3. The molecule has 2 aromatic heterocycles. The van der Waals surface area contributed by atoms with E-state index in [1.54, 1.807) is 0 Å². The van der Waals surface area contributed by atoms with Crippen molar-refractivity contribution in [2.75, 3.05) is 0 Å². The molecule has 0 atom stereocenters. The molecule has 0 aliphatic rings. The maximum absolute atomic E-state index is 13.0. The first-order chi connectivity index (χ1) is 14.7. The maximum atomic E-state index is 13.0. The predicted octanol–water partition coefficient (Wildman–Crippen LogP) is 5.74. The topological polar surface area (TPSA) is 58.6 Å². The smallest absolute Gasteiger partial charge is 0.262 e. The number of hydrogen-bond acceptors (Lipinski definition) is 4. The standard InChI is InChI=1S/C25H19N3OS/c1-16-22(27-21-14-8-7-13-20(21)26-16)15-30-24-23(17-9-3-2-4-10-17)18-11-5-6-12-19(18)28-25(24)29/h2-14H,15H2,1H3,(H,28,29). The van der Waals surface area contributed by atoms with Crippen molar-refractivity contribution >= 4 is 33.7 Å². The summed E-state index contributed by atoms with van der Waals surface area (Å²) in [6.07, 6.45) is 0. The van der Waals surface area contributed by atoms with E-state index >= 15 is 0 Å². The number of fused-ring (bicyclic) bond motifs is 2. The van der Waals surface area contributed by atoms with Gasteiger partial charge in [0.15, 0.2) is 0 Å². The number of aromatic amines is 1. The summed E-state index contributed by atoms with van der Waals surface area (Å²) in [5, 5.41) is 1.03. The molecule has 0 unspecified atom stereocenters. The number of para-hydroxylation sites is 3. The molecule has 4 nitrogen and oxygen atoms in total. The zero-order chi connectivity index (χ0) is 20.5. The third kappa shape index (κ3) is 3.37. The minimum Gasteiger partial charge on any atom is -0.321 e. The van der Waals surface area contributed by atoms with E-state index < -0.39 is 0 Å². The summed E-state index contributed by atoms with van der Waals surface area (Å²) in [4.78, 5) is 26.2. The molecule has 30 heavy (non-hydrogen) atoms. The quantitative estimate of drug-likeness (QED) is 0.385. The largest absolute Gasteiger partial charge is 0.321 e. The van der Waals surface area contributed by atoms with Crippen LogP contribution in [0.2, 0.25) is 0 Å². The average Bonchev–Trinajstić information content (AvgIpc) is 2.78. The van der Waals surface area contributed by atoms with Crippen molar-refractivity contribution in [2.45, 2.75) is 17.6 Å². The fraction of sp³-hybridized carbons (Fsp3) is 0.0800. The molecule has 0 saturated carbocycles. The molecular formula is C25H19N3OS. The Bertz CT molecular complexity index is 1430. The molecule has 2 heterocycles. The number of nitrogens with zero attached hydrogens (tertiary/aromatic N) is 2. The van der Waals surface area contributed by atoms with E-state index in [0.717, 1.165) is 44.5 Å². The van der Waals surface area contributed by atoms with Gasteiger partial charge in [-0.1, -0.05) is 60.7 Å². The molecule has 0 spiro atoms. The summed E-state index contributed by atoms with van der Waals surface area (Å²) >= 11 is 1.51. The van der Waals surface area contributed by atoms with Gasteiger partial charge in [0, 0.05) is 22.2 Å². The van der Waals surface area contributed by atoms with Crippen LogP contribution < -0.4 is 5.56 Å². The molecule has 0 fully saturated rings. The summed E-state index contributed by atoms with van der Waals surface area (Å²) in [5.41, 5.74) is 6.29. The van der Waals surface area contributed by atoms with Gasteiger partial charge in [-0.15, -0.1) is 11.8 Å². The highest BCUT2D eigenvalue weighted by Crippen LogP contribution is 2.35. The van der Waals surface area contributed by atoms with Gasteiger partial charge in [0.25, 0.3) is 5.56 Å². The molecule has 0 radical (unpaired) electrons. The molecule has 5 rings (SSSR count). The first-order valence-electron chi connectivity index (χ1n) is 9.76. The number of aryl methyl sites for hydroxylation is 1. The van der Waals surface area contributed by atoms with Crippen LogP contribution in [0.25, 0.3) is 33.1 Å². The molecule has 5 heteroatoms. The number of nitrogens with one attached hydrogen (secondary N) is 1. The minimum atomic E-state index is -0.0797. The molecule has 0 amide bonds. The lowest BCUT2D eigenvalue weighted by Gasteiger charge is -2.13.